The van der Waals surface area contributed by atoms with Gasteiger partial charge in [-0.2, -0.15) is 0 Å². The van der Waals surface area contributed by atoms with Crippen molar-refractivity contribution in [2.24, 2.45) is 0 Å². The topological polar surface area (TPSA) is 30.5 Å². The molecule has 0 unspecified atom stereocenters. The van der Waals surface area contributed by atoms with E-state index in [-0.39, 0.29) is 5.82 Å². The maximum absolute atomic E-state index is 13.3. The lowest BCUT2D eigenvalue weighted by atomic mass is 10.2. The Labute approximate surface area is 118 Å². The van der Waals surface area contributed by atoms with Gasteiger partial charge >= 0.3 is 0 Å². The molecule has 0 aliphatic rings. The van der Waals surface area contributed by atoms with Crippen molar-refractivity contribution < 1.29 is 13.9 Å². The van der Waals surface area contributed by atoms with Crippen LogP contribution in [0.25, 0.3) is 0 Å². The van der Waals surface area contributed by atoms with Gasteiger partial charge in [-0.1, -0.05) is 6.92 Å². The molecular weight excluding hydrogens is 257 g/mol. The largest absolute Gasteiger partial charge is 0.497 e. The molecule has 0 spiro atoms. The molecule has 0 bridgehead atoms. The zero-order valence-electron chi connectivity index (χ0n) is 11.7. The minimum Gasteiger partial charge on any atom is -0.497 e. The summed E-state index contributed by atoms with van der Waals surface area (Å²) in [5.41, 5.74) is 0.794. The molecule has 0 aliphatic heterocycles. The Morgan fingerprint density at radius 1 is 1.05 bits per heavy atom. The number of hydrogen-bond acceptors (Lipinski definition) is 3. The fourth-order valence-corrected chi connectivity index (χ4v) is 1.82. The van der Waals surface area contributed by atoms with Gasteiger partial charge in [0.15, 0.2) is 0 Å². The van der Waals surface area contributed by atoms with E-state index in [0.717, 1.165) is 17.9 Å². The molecule has 3 nitrogen and oxygen atoms in total. The smallest absolute Gasteiger partial charge is 0.132 e. The van der Waals surface area contributed by atoms with Crippen molar-refractivity contribution in [1.29, 1.82) is 0 Å². The summed E-state index contributed by atoms with van der Waals surface area (Å²) in [6, 6.07) is 11.8. The van der Waals surface area contributed by atoms with Crippen molar-refractivity contribution in [1.82, 2.24) is 5.32 Å². The quantitative estimate of drug-likeness (QED) is 0.871. The average Bonchev–Trinajstić information content (AvgIpc) is 2.48. The van der Waals surface area contributed by atoms with E-state index in [0.29, 0.717) is 18.0 Å². The van der Waals surface area contributed by atoms with Crippen LogP contribution >= 0.6 is 0 Å². The predicted molar refractivity (Wildman–Crippen MR) is 76.8 cm³/mol. The monoisotopic (exact) mass is 275 g/mol. The van der Waals surface area contributed by atoms with Crippen LogP contribution in [0.4, 0.5) is 4.39 Å². The average molecular weight is 275 g/mol. The molecule has 0 atom stereocenters. The van der Waals surface area contributed by atoms with E-state index in [1.165, 1.54) is 12.1 Å². The Morgan fingerprint density at radius 3 is 2.40 bits per heavy atom. The molecule has 0 saturated heterocycles. The van der Waals surface area contributed by atoms with Crippen LogP contribution in [0.3, 0.4) is 0 Å². The highest BCUT2D eigenvalue weighted by Crippen LogP contribution is 2.27. The Hall–Kier alpha value is -2.07. The van der Waals surface area contributed by atoms with Crippen LogP contribution in [0.15, 0.2) is 42.5 Å². The molecule has 0 aromatic heterocycles. The number of methoxy groups -OCH3 is 1. The second-order valence-electron chi connectivity index (χ2n) is 4.31. The molecule has 2 rings (SSSR count). The first kappa shape index (κ1) is 14.3. The lowest BCUT2D eigenvalue weighted by molar-refractivity contribution is 0.412. The summed E-state index contributed by atoms with van der Waals surface area (Å²) in [5.74, 6) is 1.84. The van der Waals surface area contributed by atoms with Gasteiger partial charge in [0, 0.05) is 12.1 Å². The van der Waals surface area contributed by atoms with E-state index in [9.17, 15) is 4.39 Å². The van der Waals surface area contributed by atoms with Crippen LogP contribution in [0.2, 0.25) is 0 Å². The molecule has 2 aromatic carbocycles. The fourth-order valence-electron chi connectivity index (χ4n) is 1.82. The molecule has 2 aromatic rings. The van der Waals surface area contributed by atoms with Crippen molar-refractivity contribution in [3.8, 4) is 17.2 Å². The Morgan fingerprint density at radius 2 is 1.75 bits per heavy atom. The van der Waals surface area contributed by atoms with E-state index >= 15 is 0 Å². The Balaban J connectivity index is 2.18. The first-order chi connectivity index (χ1) is 9.72. The van der Waals surface area contributed by atoms with Gasteiger partial charge in [0.2, 0.25) is 0 Å². The van der Waals surface area contributed by atoms with Crippen molar-refractivity contribution in [2.75, 3.05) is 13.7 Å². The number of benzene rings is 2. The third-order valence-corrected chi connectivity index (χ3v) is 2.88. The summed E-state index contributed by atoms with van der Waals surface area (Å²) in [6.07, 6.45) is 0. The summed E-state index contributed by atoms with van der Waals surface area (Å²) in [6.45, 7) is 3.39. The third-order valence-electron chi connectivity index (χ3n) is 2.88. The highest BCUT2D eigenvalue weighted by atomic mass is 19.1. The predicted octanol–water partition coefficient (Wildman–Crippen LogP) is 3.74. The molecule has 20 heavy (non-hydrogen) atoms. The van der Waals surface area contributed by atoms with Crippen LogP contribution in [-0.2, 0) is 6.54 Å². The molecule has 0 fully saturated rings. The number of nitrogens with one attached hydrogen (secondary N) is 1. The zero-order valence-corrected chi connectivity index (χ0v) is 11.7. The second-order valence-corrected chi connectivity index (χ2v) is 4.31. The zero-order chi connectivity index (χ0) is 14.4. The van der Waals surface area contributed by atoms with Gasteiger partial charge in [-0.05, 0) is 49.0 Å². The first-order valence-electron chi connectivity index (χ1n) is 6.54. The van der Waals surface area contributed by atoms with Gasteiger partial charge < -0.3 is 14.8 Å². The molecular formula is C16H18FNO2. The van der Waals surface area contributed by atoms with Gasteiger partial charge in [-0.25, -0.2) is 4.39 Å². The summed E-state index contributed by atoms with van der Waals surface area (Å²) in [5, 5.41) is 3.17. The number of rotatable bonds is 6. The SMILES string of the molecule is CCNCc1cc(F)ccc1Oc1ccc(OC)cc1. The number of ether oxygens (including phenoxy) is 2. The van der Waals surface area contributed by atoms with Crippen molar-refractivity contribution in [3.63, 3.8) is 0 Å². The summed E-state index contributed by atoms with van der Waals surface area (Å²) < 4.78 is 24.2. The highest BCUT2D eigenvalue weighted by Gasteiger charge is 2.06. The number of hydrogen-bond donors (Lipinski definition) is 1. The van der Waals surface area contributed by atoms with E-state index in [2.05, 4.69) is 5.32 Å². The first-order valence-corrected chi connectivity index (χ1v) is 6.54. The van der Waals surface area contributed by atoms with Gasteiger partial charge in [0.1, 0.15) is 23.1 Å². The molecule has 0 heterocycles. The van der Waals surface area contributed by atoms with Crippen molar-refractivity contribution in [3.05, 3.63) is 53.8 Å². The van der Waals surface area contributed by atoms with Crippen LogP contribution < -0.4 is 14.8 Å². The third kappa shape index (κ3) is 3.71. The Kier molecular flexibility index (Phi) is 4.96. The van der Waals surface area contributed by atoms with E-state index in [1.54, 1.807) is 13.2 Å². The molecule has 4 heteroatoms. The van der Waals surface area contributed by atoms with E-state index < -0.39 is 0 Å². The maximum Gasteiger partial charge on any atom is 0.132 e. The summed E-state index contributed by atoms with van der Waals surface area (Å²) in [7, 11) is 1.62. The van der Waals surface area contributed by atoms with Crippen LogP contribution in [0.1, 0.15) is 12.5 Å². The summed E-state index contributed by atoms with van der Waals surface area (Å²) in [4.78, 5) is 0. The van der Waals surface area contributed by atoms with Gasteiger partial charge in [0.05, 0.1) is 7.11 Å². The van der Waals surface area contributed by atoms with E-state index in [4.69, 9.17) is 9.47 Å². The molecule has 0 aliphatic carbocycles. The fraction of sp³-hybridized carbons (Fsp3) is 0.250. The maximum atomic E-state index is 13.3. The van der Waals surface area contributed by atoms with Crippen LogP contribution in [-0.4, -0.2) is 13.7 Å². The number of halogens is 1. The second kappa shape index (κ2) is 6.91. The molecule has 0 saturated carbocycles. The van der Waals surface area contributed by atoms with Gasteiger partial charge in [-0.3, -0.25) is 0 Å². The molecule has 106 valence electrons. The summed E-state index contributed by atoms with van der Waals surface area (Å²) >= 11 is 0. The molecule has 0 amide bonds. The normalized spacial score (nSPS) is 10.3. The lowest BCUT2D eigenvalue weighted by Crippen LogP contribution is -2.12. The van der Waals surface area contributed by atoms with Gasteiger partial charge in [0.25, 0.3) is 0 Å². The van der Waals surface area contributed by atoms with Crippen LogP contribution in [0.5, 0.6) is 17.2 Å². The van der Waals surface area contributed by atoms with Crippen molar-refractivity contribution in [2.45, 2.75) is 13.5 Å². The highest BCUT2D eigenvalue weighted by molar-refractivity contribution is 5.39. The molecule has 0 radical (unpaired) electrons. The Bertz CT molecular complexity index is 555. The van der Waals surface area contributed by atoms with Gasteiger partial charge in [-0.15, -0.1) is 0 Å². The standard InChI is InChI=1S/C16H18FNO2/c1-3-18-11-12-10-13(17)4-9-16(12)20-15-7-5-14(19-2)6-8-15/h4-10,18H,3,11H2,1-2H3. The lowest BCUT2D eigenvalue weighted by Gasteiger charge is -2.12. The van der Waals surface area contributed by atoms with Crippen molar-refractivity contribution >= 4 is 0 Å². The van der Waals surface area contributed by atoms with Crippen LogP contribution in [0, 0.1) is 5.82 Å². The molecule has 1 N–H and O–H groups in total. The van der Waals surface area contributed by atoms with E-state index in [1.807, 2.05) is 31.2 Å². The minimum absolute atomic E-state index is 0.264. The minimum atomic E-state index is -0.264.